The van der Waals surface area contributed by atoms with Gasteiger partial charge < -0.3 is 9.88 Å². The van der Waals surface area contributed by atoms with E-state index in [4.69, 9.17) is 0 Å². The molecule has 138 valence electrons. The molecular formula is C20H22N6S. The molecule has 3 aromatic heterocycles. The van der Waals surface area contributed by atoms with Crippen molar-refractivity contribution in [1.82, 2.24) is 24.7 Å². The largest absolute Gasteiger partial charge is 0.356 e. The second kappa shape index (κ2) is 6.56. The van der Waals surface area contributed by atoms with E-state index in [1.54, 1.807) is 6.33 Å². The smallest absolute Gasteiger partial charge is 0.142 e. The molecule has 0 amide bonds. The average molecular weight is 379 g/mol. The van der Waals surface area contributed by atoms with Gasteiger partial charge in [-0.3, -0.25) is 4.68 Å². The lowest BCUT2D eigenvalue weighted by Crippen LogP contribution is -2.43. The van der Waals surface area contributed by atoms with Crippen LogP contribution < -0.4 is 4.90 Å². The Kier molecular flexibility index (Phi) is 4.04. The summed E-state index contributed by atoms with van der Waals surface area (Å²) in [6, 6.07) is 9.07. The van der Waals surface area contributed by atoms with E-state index in [9.17, 15) is 0 Å². The number of thioether (sulfide) groups is 1. The number of nitrogens with zero attached hydrogens (tertiary/aromatic N) is 5. The van der Waals surface area contributed by atoms with Crippen LogP contribution in [0.2, 0.25) is 0 Å². The number of hydrogen-bond acceptors (Lipinski definition) is 5. The van der Waals surface area contributed by atoms with Gasteiger partial charge >= 0.3 is 0 Å². The number of para-hydroxylation sites is 1. The number of anilines is 1. The molecule has 0 spiro atoms. The van der Waals surface area contributed by atoms with Gasteiger partial charge in [-0.2, -0.15) is 5.10 Å². The second-order valence-electron chi connectivity index (χ2n) is 7.31. The van der Waals surface area contributed by atoms with Gasteiger partial charge in [0.15, 0.2) is 0 Å². The molecule has 5 rings (SSSR count). The highest BCUT2D eigenvalue weighted by molar-refractivity contribution is 7.99. The minimum absolute atomic E-state index is 0.552. The molecule has 0 bridgehead atoms. The number of benzene rings is 1. The SMILES string of the molecule is Cn1ncc2cccc(SC[C@H]3C[C@@H](N(C)c4ncnc5[nH]ccc45)C3)c21. The van der Waals surface area contributed by atoms with Crippen molar-refractivity contribution in [2.45, 2.75) is 23.8 Å². The Morgan fingerprint density at radius 1 is 1.26 bits per heavy atom. The topological polar surface area (TPSA) is 62.6 Å². The molecule has 1 N–H and O–H groups in total. The highest BCUT2D eigenvalue weighted by Gasteiger charge is 2.33. The van der Waals surface area contributed by atoms with Crippen molar-refractivity contribution in [3.8, 4) is 0 Å². The van der Waals surface area contributed by atoms with Gasteiger partial charge in [-0.25, -0.2) is 9.97 Å². The van der Waals surface area contributed by atoms with Crippen molar-refractivity contribution in [2.75, 3.05) is 17.7 Å². The fourth-order valence-corrected chi connectivity index (χ4v) is 5.23. The van der Waals surface area contributed by atoms with Crippen molar-refractivity contribution in [3.63, 3.8) is 0 Å². The fourth-order valence-electron chi connectivity index (χ4n) is 3.99. The van der Waals surface area contributed by atoms with Crippen molar-refractivity contribution in [2.24, 2.45) is 13.0 Å². The summed E-state index contributed by atoms with van der Waals surface area (Å²) in [4.78, 5) is 15.6. The molecule has 6 nitrogen and oxygen atoms in total. The lowest BCUT2D eigenvalue weighted by Gasteiger charge is -2.41. The first kappa shape index (κ1) is 16.6. The molecule has 1 aromatic carbocycles. The average Bonchev–Trinajstić information content (AvgIpc) is 3.27. The highest BCUT2D eigenvalue weighted by atomic mass is 32.2. The third kappa shape index (κ3) is 2.86. The van der Waals surface area contributed by atoms with Crippen LogP contribution in [0.4, 0.5) is 5.82 Å². The molecule has 1 aliphatic carbocycles. The summed E-state index contributed by atoms with van der Waals surface area (Å²) >= 11 is 1.96. The Morgan fingerprint density at radius 3 is 3.04 bits per heavy atom. The van der Waals surface area contributed by atoms with E-state index in [0.717, 1.165) is 28.5 Å². The van der Waals surface area contributed by atoms with Crippen LogP contribution in [0.1, 0.15) is 12.8 Å². The van der Waals surface area contributed by atoms with Crippen LogP contribution in [0.3, 0.4) is 0 Å². The molecule has 0 atom stereocenters. The number of hydrogen-bond donors (Lipinski definition) is 1. The van der Waals surface area contributed by atoms with Crippen LogP contribution in [0, 0.1) is 5.92 Å². The number of nitrogens with one attached hydrogen (secondary N) is 1. The van der Waals surface area contributed by atoms with E-state index in [-0.39, 0.29) is 0 Å². The van der Waals surface area contributed by atoms with Crippen LogP contribution in [-0.2, 0) is 7.05 Å². The first-order valence-electron chi connectivity index (χ1n) is 9.25. The Morgan fingerprint density at radius 2 is 2.15 bits per heavy atom. The quantitative estimate of drug-likeness (QED) is 0.535. The second-order valence-corrected chi connectivity index (χ2v) is 8.37. The van der Waals surface area contributed by atoms with E-state index in [1.165, 1.54) is 28.6 Å². The lowest BCUT2D eigenvalue weighted by atomic mass is 9.81. The van der Waals surface area contributed by atoms with Crippen molar-refractivity contribution in [1.29, 1.82) is 0 Å². The monoisotopic (exact) mass is 378 g/mol. The molecule has 27 heavy (non-hydrogen) atoms. The number of aromatic amines is 1. The zero-order valence-corrected chi connectivity index (χ0v) is 16.3. The van der Waals surface area contributed by atoms with Crippen molar-refractivity contribution < 1.29 is 0 Å². The van der Waals surface area contributed by atoms with Gasteiger partial charge in [-0.1, -0.05) is 12.1 Å². The minimum Gasteiger partial charge on any atom is -0.356 e. The van der Waals surface area contributed by atoms with Gasteiger partial charge in [0.25, 0.3) is 0 Å². The third-order valence-electron chi connectivity index (χ3n) is 5.62. The lowest BCUT2D eigenvalue weighted by molar-refractivity contribution is 0.286. The molecular weight excluding hydrogens is 356 g/mol. The molecule has 1 aliphatic rings. The maximum absolute atomic E-state index is 4.52. The summed E-state index contributed by atoms with van der Waals surface area (Å²) in [5, 5.41) is 6.70. The molecule has 0 radical (unpaired) electrons. The molecule has 7 heteroatoms. The van der Waals surface area contributed by atoms with Gasteiger partial charge in [-0.05, 0) is 30.9 Å². The summed E-state index contributed by atoms with van der Waals surface area (Å²) in [5.74, 6) is 2.92. The zero-order chi connectivity index (χ0) is 18.4. The number of aromatic nitrogens is 5. The number of fused-ring (bicyclic) bond motifs is 2. The first-order valence-corrected chi connectivity index (χ1v) is 10.2. The van der Waals surface area contributed by atoms with Crippen LogP contribution in [0.25, 0.3) is 21.9 Å². The van der Waals surface area contributed by atoms with Crippen LogP contribution in [0.5, 0.6) is 0 Å². The van der Waals surface area contributed by atoms with Gasteiger partial charge in [-0.15, -0.1) is 11.8 Å². The van der Waals surface area contributed by atoms with Gasteiger partial charge in [0, 0.05) is 42.4 Å². The number of H-pyrrole nitrogens is 1. The third-order valence-corrected chi connectivity index (χ3v) is 6.90. The van der Waals surface area contributed by atoms with E-state index >= 15 is 0 Å². The molecule has 1 saturated carbocycles. The summed E-state index contributed by atoms with van der Waals surface area (Å²) < 4.78 is 1.98. The van der Waals surface area contributed by atoms with E-state index in [0.29, 0.717) is 6.04 Å². The molecule has 3 heterocycles. The molecule has 4 aromatic rings. The van der Waals surface area contributed by atoms with Gasteiger partial charge in [0.2, 0.25) is 0 Å². The van der Waals surface area contributed by atoms with Crippen LogP contribution in [0.15, 0.2) is 47.9 Å². The van der Waals surface area contributed by atoms with Gasteiger partial charge in [0.1, 0.15) is 17.8 Å². The molecule has 0 saturated heterocycles. The Bertz CT molecular complexity index is 1090. The van der Waals surface area contributed by atoms with E-state index in [2.05, 4.69) is 56.3 Å². The summed E-state index contributed by atoms with van der Waals surface area (Å²) in [7, 11) is 4.17. The van der Waals surface area contributed by atoms with Crippen molar-refractivity contribution >= 4 is 39.5 Å². The van der Waals surface area contributed by atoms with Crippen LogP contribution >= 0.6 is 11.8 Å². The Hall–Kier alpha value is -2.54. The maximum atomic E-state index is 4.52. The summed E-state index contributed by atoms with van der Waals surface area (Å²) in [6.45, 7) is 0. The number of aryl methyl sites for hydroxylation is 1. The first-order chi connectivity index (χ1) is 13.2. The summed E-state index contributed by atoms with van der Waals surface area (Å²) in [6.07, 6.45) is 7.93. The summed E-state index contributed by atoms with van der Waals surface area (Å²) in [5.41, 5.74) is 2.15. The minimum atomic E-state index is 0.552. The van der Waals surface area contributed by atoms with Crippen LogP contribution in [-0.4, -0.2) is 43.6 Å². The van der Waals surface area contributed by atoms with Gasteiger partial charge in [0.05, 0.1) is 17.1 Å². The maximum Gasteiger partial charge on any atom is 0.142 e. The van der Waals surface area contributed by atoms with E-state index in [1.807, 2.05) is 35.9 Å². The van der Waals surface area contributed by atoms with Crippen molar-refractivity contribution in [3.05, 3.63) is 43.0 Å². The Balaban J connectivity index is 1.23. The van der Waals surface area contributed by atoms with E-state index < -0.39 is 0 Å². The molecule has 0 aliphatic heterocycles. The Labute approximate surface area is 162 Å². The molecule has 0 unspecified atom stereocenters. The normalized spacial score (nSPS) is 19.5. The zero-order valence-electron chi connectivity index (χ0n) is 15.5. The fraction of sp³-hybridized carbons (Fsp3) is 0.350. The number of rotatable bonds is 5. The molecule has 1 fully saturated rings. The predicted octanol–water partition coefficient (Wildman–Crippen LogP) is 3.85. The standard InChI is InChI=1S/C20H22N6S/c1-25(20-16-6-7-21-19(16)22-12-23-20)15-8-13(9-15)11-27-17-5-3-4-14-10-24-26(2)18(14)17/h3-7,10,12-13,15H,8-9,11H2,1-2H3,(H,21,22,23)/t13-,15+. The highest BCUT2D eigenvalue weighted by Crippen LogP contribution is 2.39. The predicted molar refractivity (Wildman–Crippen MR) is 110 cm³/mol.